The quantitative estimate of drug-likeness (QED) is 0.183. The van der Waals surface area contributed by atoms with E-state index in [-0.39, 0.29) is 35.6 Å². The first kappa shape index (κ1) is 29.0. The number of benzene rings is 3. The van der Waals surface area contributed by atoms with Gasteiger partial charge < -0.3 is 18.8 Å². The predicted octanol–water partition coefficient (Wildman–Crippen LogP) is 6.38. The Morgan fingerprint density at radius 1 is 1.05 bits per heavy atom. The third kappa shape index (κ3) is 5.87. The molecule has 1 aliphatic heterocycles. The molecule has 0 N–H and O–H groups in total. The number of carbonyl (C=O) groups is 1. The van der Waals surface area contributed by atoms with E-state index in [2.05, 4.69) is 4.98 Å². The molecular formula is C34H28F2N4O4. The average Bonchev–Trinajstić information content (AvgIpc) is 3.35. The molecule has 3 heterocycles. The third-order valence-corrected chi connectivity index (χ3v) is 7.80. The average molecular weight is 595 g/mol. The maximum absolute atomic E-state index is 15.6. The Morgan fingerprint density at radius 3 is 2.55 bits per heavy atom. The molecule has 6 rings (SSSR count). The fourth-order valence-electron chi connectivity index (χ4n) is 5.20. The summed E-state index contributed by atoms with van der Waals surface area (Å²) in [6.45, 7) is 3.13. The Hall–Kier alpha value is -5.14. The molecule has 222 valence electrons. The first-order valence-corrected chi connectivity index (χ1v) is 14.0. The molecule has 0 amide bonds. The first-order chi connectivity index (χ1) is 21.2. The molecule has 44 heavy (non-hydrogen) atoms. The zero-order chi connectivity index (χ0) is 30.8. The van der Waals surface area contributed by atoms with Crippen molar-refractivity contribution in [3.8, 4) is 23.2 Å². The van der Waals surface area contributed by atoms with Gasteiger partial charge in [-0.2, -0.15) is 5.26 Å². The summed E-state index contributed by atoms with van der Waals surface area (Å²) in [7, 11) is 1.34. The van der Waals surface area contributed by atoms with E-state index in [9.17, 15) is 9.18 Å². The number of pyridine rings is 1. The molecule has 8 nitrogen and oxygen atoms in total. The molecule has 3 aromatic carbocycles. The fraction of sp³-hybridized carbons (Fsp3) is 0.235. The molecule has 5 aromatic rings. The molecule has 1 saturated heterocycles. The number of esters is 1. The first-order valence-electron chi connectivity index (χ1n) is 14.0. The van der Waals surface area contributed by atoms with Gasteiger partial charge in [0, 0.05) is 30.0 Å². The summed E-state index contributed by atoms with van der Waals surface area (Å²) in [6, 6.07) is 21.3. The summed E-state index contributed by atoms with van der Waals surface area (Å²) in [4.78, 5) is 21.5. The van der Waals surface area contributed by atoms with Crippen LogP contribution in [0.4, 0.5) is 8.78 Å². The van der Waals surface area contributed by atoms with Gasteiger partial charge in [0.05, 0.1) is 59.8 Å². The van der Waals surface area contributed by atoms with Crippen LogP contribution in [0.3, 0.4) is 0 Å². The van der Waals surface area contributed by atoms with E-state index in [4.69, 9.17) is 24.5 Å². The van der Waals surface area contributed by atoms with Crippen LogP contribution in [-0.2, 0) is 29.0 Å². The van der Waals surface area contributed by atoms with Crippen LogP contribution in [-0.4, -0.2) is 39.8 Å². The Morgan fingerprint density at radius 2 is 1.84 bits per heavy atom. The van der Waals surface area contributed by atoms with Crippen LogP contribution in [0, 0.1) is 23.0 Å². The molecule has 0 bridgehead atoms. The number of hydrogen-bond acceptors (Lipinski definition) is 7. The molecule has 1 atom stereocenters. The number of nitriles is 1. The number of hydrogen-bond donors (Lipinski definition) is 0. The van der Waals surface area contributed by atoms with Crippen molar-refractivity contribution in [1.82, 2.24) is 14.5 Å². The van der Waals surface area contributed by atoms with Crippen molar-refractivity contribution in [1.29, 1.82) is 5.26 Å². The highest BCUT2D eigenvalue weighted by molar-refractivity contribution is 5.93. The number of ether oxygens (including phenoxy) is 3. The topological polar surface area (TPSA) is 99.3 Å². The van der Waals surface area contributed by atoms with E-state index < -0.39 is 17.6 Å². The lowest BCUT2D eigenvalue weighted by Crippen LogP contribution is -2.44. The molecule has 10 heteroatoms. The Bertz CT molecular complexity index is 1930. The number of carbonyl (C=O) groups excluding carboxylic acids is 1. The van der Waals surface area contributed by atoms with Crippen molar-refractivity contribution in [2.24, 2.45) is 0 Å². The third-order valence-electron chi connectivity index (χ3n) is 7.80. The SMILES string of the molecule is COC(=O)c1ccc2nc(Cc3ccc(-c4cccc(OCc5ccc(C#N)cc5F)n4)cc3F)n(C[C@]3(C)CCO3)c2c1. The lowest BCUT2D eigenvalue weighted by Gasteiger charge is -2.39. The number of halogens is 2. The van der Waals surface area contributed by atoms with E-state index in [1.165, 1.54) is 25.3 Å². The zero-order valence-electron chi connectivity index (χ0n) is 24.1. The zero-order valence-corrected chi connectivity index (χ0v) is 24.1. The van der Waals surface area contributed by atoms with E-state index in [0.717, 1.165) is 18.0 Å². The lowest BCUT2D eigenvalue weighted by molar-refractivity contribution is -0.142. The van der Waals surface area contributed by atoms with E-state index in [0.29, 0.717) is 46.9 Å². The lowest BCUT2D eigenvalue weighted by atomic mass is 9.97. The number of rotatable bonds is 9. The fourth-order valence-corrected chi connectivity index (χ4v) is 5.20. The largest absolute Gasteiger partial charge is 0.473 e. The van der Waals surface area contributed by atoms with Gasteiger partial charge in [-0.05, 0) is 55.0 Å². The molecule has 2 aromatic heterocycles. The van der Waals surface area contributed by atoms with Crippen LogP contribution in [0.25, 0.3) is 22.3 Å². The van der Waals surface area contributed by atoms with Crippen LogP contribution in [0.15, 0.2) is 72.8 Å². The van der Waals surface area contributed by atoms with Gasteiger partial charge >= 0.3 is 5.97 Å². The molecule has 1 fully saturated rings. The second kappa shape index (κ2) is 11.9. The van der Waals surface area contributed by atoms with Crippen molar-refractivity contribution >= 4 is 17.0 Å². The number of fused-ring (bicyclic) bond motifs is 1. The molecule has 1 aliphatic rings. The molecular weight excluding hydrogens is 566 g/mol. The van der Waals surface area contributed by atoms with Gasteiger partial charge in [-0.1, -0.05) is 24.3 Å². The second-order valence-electron chi connectivity index (χ2n) is 10.9. The summed E-state index contributed by atoms with van der Waals surface area (Å²) >= 11 is 0. The Kier molecular flexibility index (Phi) is 7.80. The van der Waals surface area contributed by atoms with Gasteiger partial charge in [0.1, 0.15) is 24.1 Å². The van der Waals surface area contributed by atoms with Crippen molar-refractivity contribution < 1.29 is 27.8 Å². The summed E-state index contributed by atoms with van der Waals surface area (Å²) in [6.07, 6.45) is 1.10. The van der Waals surface area contributed by atoms with Crippen LogP contribution in [0.1, 0.15) is 46.2 Å². The van der Waals surface area contributed by atoms with Crippen LogP contribution in [0.2, 0.25) is 0 Å². The van der Waals surface area contributed by atoms with Gasteiger partial charge in [-0.25, -0.2) is 23.5 Å². The minimum absolute atomic E-state index is 0.0759. The normalized spacial score (nSPS) is 15.9. The van der Waals surface area contributed by atoms with E-state index >= 15 is 4.39 Å². The molecule has 0 radical (unpaired) electrons. The summed E-state index contributed by atoms with van der Waals surface area (Å²) in [5.74, 6) is -0.505. The minimum atomic E-state index is -0.537. The van der Waals surface area contributed by atoms with Gasteiger partial charge in [-0.15, -0.1) is 0 Å². The standard InChI is InChI=1S/C34H28F2N4O4/c1-34(12-13-44-34)20-40-30-16-24(33(41)42-2)10-11-29(30)38-31(40)17-22-8-9-23(15-27(22)36)28-4-3-5-32(39-28)43-19-25-7-6-21(18-37)14-26(25)35/h3-11,14-16H,12-13,17,19-20H2,1-2H3/t34-/m0/s1. The number of aromatic nitrogens is 3. The molecule has 0 spiro atoms. The maximum atomic E-state index is 15.6. The molecule has 0 aliphatic carbocycles. The Balaban J connectivity index is 1.24. The summed E-state index contributed by atoms with van der Waals surface area (Å²) in [5.41, 5.74) is 3.47. The summed E-state index contributed by atoms with van der Waals surface area (Å²) in [5, 5.41) is 8.93. The highest BCUT2D eigenvalue weighted by Gasteiger charge is 2.35. The van der Waals surface area contributed by atoms with Gasteiger partial charge in [0.2, 0.25) is 5.88 Å². The summed E-state index contributed by atoms with van der Waals surface area (Å²) < 4.78 is 48.2. The van der Waals surface area contributed by atoms with Crippen molar-refractivity contribution in [2.75, 3.05) is 13.7 Å². The minimum Gasteiger partial charge on any atom is -0.473 e. The second-order valence-corrected chi connectivity index (χ2v) is 10.9. The highest BCUT2D eigenvalue weighted by Crippen LogP contribution is 2.32. The number of nitrogens with zero attached hydrogens (tertiary/aromatic N) is 4. The predicted molar refractivity (Wildman–Crippen MR) is 158 cm³/mol. The van der Waals surface area contributed by atoms with Crippen LogP contribution < -0.4 is 4.74 Å². The van der Waals surface area contributed by atoms with Crippen molar-refractivity contribution in [2.45, 2.75) is 38.5 Å². The van der Waals surface area contributed by atoms with Crippen molar-refractivity contribution in [3.05, 3.63) is 113 Å². The highest BCUT2D eigenvalue weighted by atomic mass is 19.1. The smallest absolute Gasteiger partial charge is 0.337 e. The molecule has 0 saturated carbocycles. The Labute approximate surface area is 252 Å². The van der Waals surface area contributed by atoms with Crippen molar-refractivity contribution in [3.63, 3.8) is 0 Å². The number of imidazole rings is 1. The number of methoxy groups -OCH3 is 1. The van der Waals surface area contributed by atoms with E-state index in [1.54, 1.807) is 48.5 Å². The van der Waals surface area contributed by atoms with Gasteiger partial charge in [0.25, 0.3) is 0 Å². The molecule has 0 unspecified atom stereocenters. The monoisotopic (exact) mass is 594 g/mol. The van der Waals surface area contributed by atoms with Gasteiger partial charge in [0.15, 0.2) is 0 Å². The van der Waals surface area contributed by atoms with Crippen LogP contribution >= 0.6 is 0 Å². The maximum Gasteiger partial charge on any atom is 0.337 e. The van der Waals surface area contributed by atoms with Gasteiger partial charge in [-0.3, -0.25) is 0 Å². The van der Waals surface area contributed by atoms with E-state index in [1.807, 2.05) is 17.6 Å². The van der Waals surface area contributed by atoms with Crippen LogP contribution in [0.5, 0.6) is 5.88 Å².